The number of para-hydroxylation sites is 1. The van der Waals surface area contributed by atoms with Crippen molar-refractivity contribution < 1.29 is 8.42 Å². The molecule has 1 aromatic carbocycles. The Kier molecular flexibility index (Phi) is 1.85. The van der Waals surface area contributed by atoms with Crippen molar-refractivity contribution in [3.05, 3.63) is 24.3 Å². The number of amidine groups is 1. The van der Waals surface area contributed by atoms with Crippen LogP contribution in [0.15, 0.2) is 34.2 Å². The lowest BCUT2D eigenvalue weighted by Gasteiger charge is -2.24. The van der Waals surface area contributed by atoms with Crippen LogP contribution < -0.4 is 0 Å². The molecule has 14 heavy (non-hydrogen) atoms. The van der Waals surface area contributed by atoms with Crippen LogP contribution in [0.4, 0.5) is 5.69 Å². The lowest BCUT2D eigenvalue weighted by Crippen LogP contribution is -2.33. The van der Waals surface area contributed by atoms with E-state index in [1.807, 2.05) is 0 Å². The molecule has 0 N–H and O–H groups in total. The zero-order valence-electron chi connectivity index (χ0n) is 7.93. The van der Waals surface area contributed by atoms with Crippen molar-refractivity contribution in [3.63, 3.8) is 0 Å². The predicted molar refractivity (Wildman–Crippen MR) is 54.2 cm³/mol. The van der Waals surface area contributed by atoms with Crippen molar-refractivity contribution in [2.75, 3.05) is 7.05 Å². The molecule has 0 radical (unpaired) electrons. The minimum absolute atomic E-state index is 0.271. The molecule has 0 aliphatic carbocycles. The van der Waals surface area contributed by atoms with Gasteiger partial charge in [0.2, 0.25) is 0 Å². The quantitative estimate of drug-likeness (QED) is 0.649. The first kappa shape index (κ1) is 9.21. The number of fused-ring (bicyclic) bond motifs is 1. The second-order valence-electron chi connectivity index (χ2n) is 3.10. The summed E-state index contributed by atoms with van der Waals surface area (Å²) in [5.41, 5.74) is 0.517. The van der Waals surface area contributed by atoms with Gasteiger partial charge in [-0.15, -0.1) is 0 Å². The Hall–Kier alpha value is -1.36. The van der Waals surface area contributed by atoms with E-state index in [0.717, 1.165) is 0 Å². The summed E-state index contributed by atoms with van der Waals surface area (Å²) >= 11 is 0. The van der Waals surface area contributed by atoms with Gasteiger partial charge in [0, 0.05) is 7.05 Å². The van der Waals surface area contributed by atoms with Crippen LogP contribution in [0.1, 0.15) is 6.92 Å². The fraction of sp³-hybridized carbons (Fsp3) is 0.222. The average molecular weight is 210 g/mol. The number of hydrogen-bond donors (Lipinski definition) is 0. The highest BCUT2D eigenvalue weighted by atomic mass is 32.2. The maximum atomic E-state index is 11.9. The monoisotopic (exact) mass is 210 g/mol. The van der Waals surface area contributed by atoms with E-state index in [1.54, 1.807) is 31.2 Å². The van der Waals surface area contributed by atoms with Gasteiger partial charge in [-0.2, -0.15) is 0 Å². The van der Waals surface area contributed by atoms with Gasteiger partial charge in [0.1, 0.15) is 10.7 Å². The molecule has 0 bridgehead atoms. The average Bonchev–Trinajstić information content (AvgIpc) is 2.15. The van der Waals surface area contributed by atoms with Crippen LogP contribution >= 0.6 is 0 Å². The molecule has 1 aromatic rings. The maximum absolute atomic E-state index is 11.9. The smallest absolute Gasteiger partial charge is 0.257 e. The molecular weight excluding hydrogens is 200 g/mol. The van der Waals surface area contributed by atoms with Crippen molar-refractivity contribution in [2.24, 2.45) is 4.99 Å². The topological polar surface area (TPSA) is 49.7 Å². The Morgan fingerprint density at radius 2 is 1.93 bits per heavy atom. The van der Waals surface area contributed by atoms with Crippen molar-refractivity contribution in [2.45, 2.75) is 11.8 Å². The second kappa shape index (κ2) is 2.81. The molecule has 0 fully saturated rings. The number of nitrogens with zero attached hydrogens (tertiary/aromatic N) is 2. The summed E-state index contributed by atoms with van der Waals surface area (Å²) in [7, 11) is -1.86. The summed E-state index contributed by atoms with van der Waals surface area (Å²) in [6, 6.07) is 6.73. The minimum atomic E-state index is -3.37. The van der Waals surface area contributed by atoms with Gasteiger partial charge in [0.25, 0.3) is 10.0 Å². The predicted octanol–water partition coefficient (Wildman–Crippen LogP) is 1.37. The Morgan fingerprint density at radius 1 is 1.29 bits per heavy atom. The van der Waals surface area contributed by atoms with Gasteiger partial charge in [0.15, 0.2) is 0 Å². The first-order valence-corrected chi connectivity index (χ1v) is 5.61. The molecule has 5 heteroatoms. The van der Waals surface area contributed by atoms with E-state index in [1.165, 1.54) is 11.4 Å². The van der Waals surface area contributed by atoms with Crippen LogP contribution in [0.5, 0.6) is 0 Å². The highest BCUT2D eigenvalue weighted by Crippen LogP contribution is 2.30. The summed E-state index contributed by atoms with van der Waals surface area (Å²) in [6.45, 7) is 1.67. The molecule has 1 heterocycles. The van der Waals surface area contributed by atoms with Crippen LogP contribution in [0.25, 0.3) is 0 Å². The van der Waals surface area contributed by atoms with E-state index in [2.05, 4.69) is 4.99 Å². The van der Waals surface area contributed by atoms with Gasteiger partial charge in [-0.25, -0.2) is 13.4 Å². The number of sulfonamides is 1. The third-order valence-electron chi connectivity index (χ3n) is 2.24. The van der Waals surface area contributed by atoms with Crippen molar-refractivity contribution in [3.8, 4) is 0 Å². The summed E-state index contributed by atoms with van der Waals surface area (Å²) in [6.07, 6.45) is 0. The van der Waals surface area contributed by atoms with Gasteiger partial charge in [-0.1, -0.05) is 12.1 Å². The fourth-order valence-electron chi connectivity index (χ4n) is 1.33. The van der Waals surface area contributed by atoms with E-state index in [4.69, 9.17) is 0 Å². The van der Waals surface area contributed by atoms with Crippen molar-refractivity contribution in [1.82, 2.24) is 4.31 Å². The first-order chi connectivity index (χ1) is 6.53. The first-order valence-electron chi connectivity index (χ1n) is 4.17. The molecule has 0 amide bonds. The third-order valence-corrected chi connectivity index (χ3v) is 4.13. The summed E-state index contributed by atoms with van der Waals surface area (Å²) in [4.78, 5) is 4.46. The molecule has 74 valence electrons. The zero-order valence-corrected chi connectivity index (χ0v) is 8.75. The van der Waals surface area contributed by atoms with Gasteiger partial charge in [0.05, 0.1) is 5.69 Å². The number of rotatable bonds is 0. The van der Waals surface area contributed by atoms with Crippen molar-refractivity contribution >= 4 is 21.5 Å². The van der Waals surface area contributed by atoms with Gasteiger partial charge < -0.3 is 0 Å². The summed E-state index contributed by atoms with van der Waals surface area (Å²) in [5.74, 6) is 0.490. The largest absolute Gasteiger partial charge is 0.267 e. The third kappa shape index (κ3) is 1.13. The fourth-order valence-corrected chi connectivity index (χ4v) is 2.65. The highest BCUT2D eigenvalue weighted by Gasteiger charge is 2.28. The molecule has 2 rings (SSSR count). The molecule has 1 aliphatic heterocycles. The maximum Gasteiger partial charge on any atom is 0.267 e. The van der Waals surface area contributed by atoms with Crippen LogP contribution in [-0.4, -0.2) is 25.6 Å². The Labute approximate surface area is 82.9 Å². The summed E-state index contributed by atoms with van der Waals surface area (Å²) < 4.78 is 24.9. The molecule has 0 saturated carbocycles. The lowest BCUT2D eigenvalue weighted by atomic mass is 10.3. The Balaban J connectivity index is 2.79. The number of benzene rings is 1. The lowest BCUT2D eigenvalue weighted by molar-refractivity contribution is 0.549. The zero-order chi connectivity index (χ0) is 10.3. The number of aliphatic imine (C=N–C) groups is 1. The Bertz CT molecular complexity index is 505. The standard InChI is InChI=1S/C9H10N2O2S/c1-7-10-8-5-3-4-6-9(8)14(12,13)11(7)2/h3-6H,1-2H3. The SMILES string of the molecule is CC1=Nc2ccccc2S(=O)(=O)N1C. The molecule has 0 aromatic heterocycles. The minimum Gasteiger partial charge on any atom is -0.257 e. The van der Waals surface area contributed by atoms with Crippen LogP contribution in [0.3, 0.4) is 0 Å². The second-order valence-corrected chi connectivity index (χ2v) is 5.04. The van der Waals surface area contributed by atoms with E-state index in [9.17, 15) is 8.42 Å². The number of hydrogen-bond acceptors (Lipinski definition) is 3. The Morgan fingerprint density at radius 3 is 2.64 bits per heavy atom. The van der Waals surface area contributed by atoms with E-state index >= 15 is 0 Å². The van der Waals surface area contributed by atoms with Crippen molar-refractivity contribution in [1.29, 1.82) is 0 Å². The van der Waals surface area contributed by atoms with Crippen LogP contribution in [-0.2, 0) is 10.0 Å². The van der Waals surface area contributed by atoms with Gasteiger partial charge in [-0.05, 0) is 19.1 Å². The molecule has 0 spiro atoms. The van der Waals surface area contributed by atoms with Gasteiger partial charge >= 0.3 is 0 Å². The summed E-state index contributed by atoms with van der Waals surface area (Å²) in [5, 5.41) is 0. The molecular formula is C9H10N2O2S. The van der Waals surface area contributed by atoms with E-state index < -0.39 is 10.0 Å². The van der Waals surface area contributed by atoms with Gasteiger partial charge in [-0.3, -0.25) is 4.31 Å². The van der Waals surface area contributed by atoms with Crippen LogP contribution in [0.2, 0.25) is 0 Å². The molecule has 0 atom stereocenters. The molecule has 0 unspecified atom stereocenters. The molecule has 4 nitrogen and oxygen atoms in total. The highest BCUT2D eigenvalue weighted by molar-refractivity contribution is 7.89. The molecule has 1 aliphatic rings. The van der Waals surface area contributed by atoms with E-state index in [0.29, 0.717) is 11.5 Å². The van der Waals surface area contributed by atoms with E-state index in [-0.39, 0.29) is 4.90 Å². The normalized spacial score (nSPS) is 18.7. The van der Waals surface area contributed by atoms with Crippen LogP contribution in [0, 0.1) is 0 Å². The molecule has 0 saturated heterocycles.